The van der Waals surface area contributed by atoms with Crippen molar-refractivity contribution in [3.8, 4) is 0 Å². The van der Waals surface area contributed by atoms with Gasteiger partial charge in [0.05, 0.1) is 19.8 Å². The van der Waals surface area contributed by atoms with Gasteiger partial charge in [-0.15, -0.1) is 0 Å². The molecule has 0 aliphatic carbocycles. The summed E-state index contributed by atoms with van der Waals surface area (Å²) in [7, 11) is -4.54. The first-order valence-corrected chi connectivity index (χ1v) is 9.49. The van der Waals surface area contributed by atoms with Gasteiger partial charge in [0.15, 0.2) is 6.10 Å². The van der Waals surface area contributed by atoms with Crippen LogP contribution in [-0.2, 0) is 32.7 Å². The Hall–Kier alpha value is -1.03. The van der Waals surface area contributed by atoms with Gasteiger partial charge in [-0.1, -0.05) is 20.3 Å². The third-order valence-corrected chi connectivity index (χ3v) is 3.77. The Morgan fingerprint density at radius 1 is 1.08 bits per heavy atom. The van der Waals surface area contributed by atoms with Crippen molar-refractivity contribution in [3.63, 3.8) is 0 Å². The highest BCUT2D eigenvalue weighted by Crippen LogP contribution is 2.43. The fourth-order valence-electron chi connectivity index (χ4n) is 1.42. The molecule has 0 aromatic carbocycles. The van der Waals surface area contributed by atoms with Crippen LogP contribution in [0.3, 0.4) is 0 Å². The molecule has 0 bridgehead atoms. The van der Waals surface area contributed by atoms with Crippen LogP contribution in [0.4, 0.5) is 0 Å². The summed E-state index contributed by atoms with van der Waals surface area (Å²) in [4.78, 5) is 32.3. The summed E-state index contributed by atoms with van der Waals surface area (Å²) in [6.07, 6.45) is -0.734. The third kappa shape index (κ3) is 12.9. The van der Waals surface area contributed by atoms with Gasteiger partial charge in [0.2, 0.25) is 0 Å². The van der Waals surface area contributed by atoms with Crippen LogP contribution >= 0.6 is 7.82 Å². The van der Waals surface area contributed by atoms with Crippen LogP contribution in [0.15, 0.2) is 0 Å². The van der Waals surface area contributed by atoms with E-state index >= 15 is 0 Å². The van der Waals surface area contributed by atoms with E-state index in [2.05, 4.69) is 9.05 Å². The lowest BCUT2D eigenvalue weighted by atomic mass is 10.2. The molecule has 0 aromatic rings. The molecule has 11 heteroatoms. The van der Waals surface area contributed by atoms with E-state index in [0.717, 1.165) is 6.42 Å². The van der Waals surface area contributed by atoms with Crippen LogP contribution < -0.4 is 0 Å². The van der Waals surface area contributed by atoms with Crippen molar-refractivity contribution in [2.75, 3.05) is 26.4 Å². The highest BCUT2D eigenvalue weighted by atomic mass is 31.2. The fraction of sp³-hybridized carbons (Fsp3) is 0.857. The monoisotopic (exact) mass is 386 g/mol. The van der Waals surface area contributed by atoms with E-state index in [1.165, 1.54) is 0 Å². The van der Waals surface area contributed by atoms with Crippen molar-refractivity contribution in [2.24, 2.45) is 0 Å². The molecule has 0 heterocycles. The summed E-state index contributed by atoms with van der Waals surface area (Å²) < 4.78 is 30.8. The number of phosphoric ester groups is 1. The normalized spacial score (nSPS) is 15.9. The lowest BCUT2D eigenvalue weighted by Crippen LogP contribution is -2.29. The number of esters is 2. The Bertz CT molecular complexity index is 441. The quantitative estimate of drug-likeness (QED) is 0.285. The fourth-order valence-corrected chi connectivity index (χ4v) is 2.21. The average Bonchev–Trinajstić information content (AvgIpc) is 2.59. The summed E-state index contributed by atoms with van der Waals surface area (Å²) in [5.74, 6) is -1.07. The molecule has 0 aliphatic heterocycles. The molecular formula is C14H27O10P. The molecule has 1 unspecified atom stereocenters. The molecular weight excluding hydrogens is 359 g/mol. The first kappa shape index (κ1) is 24.0. The Labute approximate surface area is 146 Å². The number of carbonyl (C=O) groups is 2. The summed E-state index contributed by atoms with van der Waals surface area (Å²) in [5, 5.41) is 17.7. The summed E-state index contributed by atoms with van der Waals surface area (Å²) >= 11 is 0. The molecule has 0 saturated carbocycles. The van der Waals surface area contributed by atoms with Crippen molar-refractivity contribution >= 4 is 19.8 Å². The van der Waals surface area contributed by atoms with Gasteiger partial charge in [0.1, 0.15) is 12.7 Å². The second-order valence-corrected chi connectivity index (χ2v) is 6.60. The van der Waals surface area contributed by atoms with Gasteiger partial charge in [-0.3, -0.25) is 18.6 Å². The number of hydrogen-bond donors (Lipinski definition) is 3. The Balaban J connectivity index is 4.55. The van der Waals surface area contributed by atoms with E-state index in [-0.39, 0.29) is 19.4 Å². The average molecular weight is 386 g/mol. The maximum atomic E-state index is 11.7. The van der Waals surface area contributed by atoms with Gasteiger partial charge in [-0.2, -0.15) is 0 Å². The number of phosphoric acid groups is 1. The van der Waals surface area contributed by atoms with Gasteiger partial charge >= 0.3 is 19.8 Å². The number of carbonyl (C=O) groups excluding carboxylic acids is 2. The molecule has 0 spiro atoms. The molecule has 0 radical (unpaired) electrons. The van der Waals surface area contributed by atoms with Gasteiger partial charge in [-0.25, -0.2) is 4.57 Å². The maximum Gasteiger partial charge on any atom is 0.472 e. The van der Waals surface area contributed by atoms with Crippen LogP contribution in [0.2, 0.25) is 0 Å². The number of hydrogen-bond acceptors (Lipinski definition) is 9. The number of aliphatic hydroxyl groups excluding tert-OH is 2. The molecule has 25 heavy (non-hydrogen) atoms. The molecule has 3 atom stereocenters. The minimum Gasteiger partial charge on any atom is -0.462 e. The van der Waals surface area contributed by atoms with Crippen molar-refractivity contribution in [1.29, 1.82) is 0 Å². The molecule has 0 saturated heterocycles. The molecule has 148 valence electrons. The first-order valence-electron chi connectivity index (χ1n) is 7.99. The zero-order valence-corrected chi connectivity index (χ0v) is 15.4. The molecule has 3 N–H and O–H groups in total. The van der Waals surface area contributed by atoms with E-state index in [0.29, 0.717) is 6.42 Å². The van der Waals surface area contributed by atoms with Gasteiger partial charge in [0, 0.05) is 12.8 Å². The van der Waals surface area contributed by atoms with Crippen LogP contribution in [0.25, 0.3) is 0 Å². The maximum absolute atomic E-state index is 11.7. The molecule has 10 nitrogen and oxygen atoms in total. The molecule has 0 aliphatic rings. The second-order valence-electron chi connectivity index (χ2n) is 5.15. The lowest BCUT2D eigenvalue weighted by Gasteiger charge is -2.20. The highest BCUT2D eigenvalue weighted by molar-refractivity contribution is 7.47. The third-order valence-electron chi connectivity index (χ3n) is 2.82. The van der Waals surface area contributed by atoms with Crippen LogP contribution in [0.1, 0.15) is 39.5 Å². The summed E-state index contributed by atoms with van der Waals surface area (Å²) in [6, 6.07) is 0. The minimum absolute atomic E-state index is 0.123. The van der Waals surface area contributed by atoms with Crippen LogP contribution in [0, 0.1) is 0 Å². The van der Waals surface area contributed by atoms with E-state index < -0.39 is 51.8 Å². The van der Waals surface area contributed by atoms with Crippen molar-refractivity contribution in [1.82, 2.24) is 0 Å². The van der Waals surface area contributed by atoms with Crippen LogP contribution in [0.5, 0.6) is 0 Å². The predicted molar refractivity (Wildman–Crippen MR) is 85.5 cm³/mol. The van der Waals surface area contributed by atoms with Crippen molar-refractivity contribution < 1.29 is 47.8 Å². The summed E-state index contributed by atoms with van der Waals surface area (Å²) in [6.45, 7) is 1.35. The van der Waals surface area contributed by atoms with Gasteiger partial charge < -0.3 is 24.6 Å². The van der Waals surface area contributed by atoms with Gasteiger partial charge in [0.25, 0.3) is 0 Å². The zero-order chi connectivity index (χ0) is 19.3. The number of unbranched alkanes of at least 4 members (excludes halogenated alkanes) is 1. The molecule has 0 rings (SSSR count). The van der Waals surface area contributed by atoms with E-state index in [1.807, 2.05) is 6.92 Å². The van der Waals surface area contributed by atoms with E-state index in [4.69, 9.17) is 19.7 Å². The number of ether oxygens (including phenoxy) is 2. The topological polar surface area (TPSA) is 149 Å². The predicted octanol–water partition coefficient (Wildman–Crippen LogP) is 0.528. The lowest BCUT2D eigenvalue weighted by molar-refractivity contribution is -0.161. The number of rotatable bonds is 14. The smallest absolute Gasteiger partial charge is 0.462 e. The molecule has 0 amide bonds. The molecule has 0 fully saturated rings. The molecule has 0 aromatic heterocycles. The van der Waals surface area contributed by atoms with E-state index in [9.17, 15) is 19.0 Å². The Kier molecular flexibility index (Phi) is 12.7. The van der Waals surface area contributed by atoms with Crippen LogP contribution in [-0.4, -0.2) is 65.7 Å². The number of aliphatic hydroxyl groups is 2. The standard InChI is InChI=1S/C14H27O10P/c1-3-5-6-14(18)24-12(9-21-13(17)4-2)10-23-25(19,20)22-8-11(16)7-15/h11-12,15-16H,3-10H2,1-2H3,(H,19,20)/t11-,12+/m1/s1. The minimum atomic E-state index is -4.54. The zero-order valence-electron chi connectivity index (χ0n) is 14.5. The highest BCUT2D eigenvalue weighted by Gasteiger charge is 2.26. The second kappa shape index (κ2) is 13.2. The SMILES string of the molecule is CCCCC(=O)O[C@@H](COC(=O)CC)COP(=O)(O)OC[C@H](O)CO. The van der Waals surface area contributed by atoms with Crippen molar-refractivity contribution in [3.05, 3.63) is 0 Å². The van der Waals surface area contributed by atoms with Crippen molar-refractivity contribution in [2.45, 2.75) is 51.7 Å². The first-order chi connectivity index (χ1) is 11.7. The summed E-state index contributed by atoms with van der Waals surface area (Å²) in [5.41, 5.74) is 0. The van der Waals surface area contributed by atoms with Gasteiger partial charge in [-0.05, 0) is 6.42 Å². The Morgan fingerprint density at radius 3 is 2.28 bits per heavy atom. The largest absolute Gasteiger partial charge is 0.472 e. The van der Waals surface area contributed by atoms with E-state index in [1.54, 1.807) is 6.92 Å². The Morgan fingerprint density at radius 2 is 1.72 bits per heavy atom.